The molecule has 0 aromatic carbocycles. The fourth-order valence-corrected chi connectivity index (χ4v) is 8.17. The van der Waals surface area contributed by atoms with Crippen LogP contribution in [-0.4, -0.2) is 117 Å². The molecular formula is C69H87N15O13. The molecule has 0 spiro atoms. The molecule has 28 heteroatoms. The molecule has 7 aromatic rings. The highest BCUT2D eigenvalue weighted by Crippen LogP contribution is 2.29. The Morgan fingerprint density at radius 2 is 0.412 bits per heavy atom. The third-order valence-electron chi connectivity index (χ3n) is 12.6. The topological polar surface area (TPSA) is 381 Å². The number of hydrogen-bond acceptors (Lipinski definition) is 22. The monoisotopic (exact) mass is 1330 g/mol. The van der Waals surface area contributed by atoms with Gasteiger partial charge in [-0.15, -0.1) is 0 Å². The van der Waals surface area contributed by atoms with Gasteiger partial charge in [0.2, 0.25) is 0 Å². The molecule has 516 valence electrons. The molecule has 6 amide bonds. The van der Waals surface area contributed by atoms with Crippen LogP contribution in [0.3, 0.4) is 0 Å². The number of nitrogens with two attached hydrogens (primary N) is 2. The molecule has 0 bridgehead atoms. The Morgan fingerprint density at radius 3 is 0.588 bits per heavy atom. The van der Waals surface area contributed by atoms with Crippen LogP contribution in [0.25, 0.3) is 0 Å². The summed E-state index contributed by atoms with van der Waals surface area (Å²) in [5.74, 6) is -2.43. The molecule has 0 fully saturated rings. The molecule has 0 atom stereocenters. The van der Waals surface area contributed by atoms with E-state index in [-0.39, 0.29) is 184 Å². The number of nitrogens with one attached hydrogen (secondary N) is 6. The maximum absolute atomic E-state index is 14.4. The summed E-state index contributed by atoms with van der Waals surface area (Å²) in [5, 5.41) is 16.2. The van der Waals surface area contributed by atoms with Gasteiger partial charge in [0.1, 0.15) is 121 Å². The maximum atomic E-state index is 14.4. The van der Waals surface area contributed by atoms with E-state index in [2.05, 4.69) is 66.8 Å². The normalized spacial score (nSPS) is 11.2. The number of rotatable bonds is 33. The van der Waals surface area contributed by atoms with E-state index in [0.717, 1.165) is 0 Å². The van der Waals surface area contributed by atoms with Crippen molar-refractivity contribution in [1.82, 2.24) is 34.9 Å². The molecule has 10 N–H and O–H groups in total. The van der Waals surface area contributed by atoms with Crippen LogP contribution < -0.4 is 76.5 Å². The first-order chi connectivity index (χ1) is 46.0. The van der Waals surface area contributed by atoms with Crippen molar-refractivity contribution >= 4 is 82.0 Å². The van der Waals surface area contributed by atoms with Crippen LogP contribution in [0.2, 0.25) is 0 Å². The molecular weight excluding hydrogens is 1250 g/mol. The number of carbonyl (C=O) groups is 6. The minimum absolute atomic E-state index is 0.0214. The van der Waals surface area contributed by atoms with E-state index in [1.54, 1.807) is 0 Å². The molecule has 0 aliphatic carbocycles. The summed E-state index contributed by atoms with van der Waals surface area (Å²) in [6, 6.07) is 20.1. The van der Waals surface area contributed by atoms with Gasteiger partial charge in [-0.25, -0.2) is 34.9 Å². The third-order valence-corrected chi connectivity index (χ3v) is 12.6. The van der Waals surface area contributed by atoms with Gasteiger partial charge in [-0.2, -0.15) is 0 Å². The van der Waals surface area contributed by atoms with Crippen LogP contribution in [-0.2, 0) is 0 Å². The van der Waals surface area contributed by atoms with Gasteiger partial charge in [0.15, 0.2) is 0 Å². The van der Waals surface area contributed by atoms with E-state index in [4.69, 9.17) is 44.6 Å². The summed E-state index contributed by atoms with van der Waals surface area (Å²) < 4.78 is 41.8. The molecule has 0 saturated carbocycles. The van der Waals surface area contributed by atoms with Crippen LogP contribution in [0.15, 0.2) is 84.9 Å². The van der Waals surface area contributed by atoms with Crippen molar-refractivity contribution in [1.29, 1.82) is 0 Å². The van der Waals surface area contributed by atoms with Crippen molar-refractivity contribution in [3.8, 4) is 40.2 Å². The Bertz CT molecular complexity index is 3700. The number of nitrogens with zero attached hydrogens (tertiary/aromatic N) is 7. The smallest absolute Gasteiger partial charge is 0.275 e. The van der Waals surface area contributed by atoms with Crippen LogP contribution in [0.5, 0.6) is 40.2 Å². The first kappa shape index (κ1) is 73.5. The molecule has 7 rings (SSSR count). The van der Waals surface area contributed by atoms with Gasteiger partial charge < -0.3 is 76.5 Å². The largest absolute Gasteiger partial charge is 0.493 e. The molecule has 0 aliphatic heterocycles. The Balaban J connectivity index is 1.15. The van der Waals surface area contributed by atoms with Crippen LogP contribution in [0.1, 0.15) is 160 Å². The highest BCUT2D eigenvalue weighted by Gasteiger charge is 2.24. The van der Waals surface area contributed by atoms with Crippen molar-refractivity contribution in [3.63, 3.8) is 0 Å². The van der Waals surface area contributed by atoms with E-state index in [0.29, 0.717) is 24.7 Å². The highest BCUT2D eigenvalue weighted by atomic mass is 16.5. The van der Waals surface area contributed by atoms with Gasteiger partial charge >= 0.3 is 0 Å². The Labute approximate surface area is 563 Å². The number of anilines is 8. The second-order valence-corrected chi connectivity index (χ2v) is 25.8. The van der Waals surface area contributed by atoms with Gasteiger partial charge in [0.05, 0.1) is 46.2 Å². The number of pyridine rings is 7. The van der Waals surface area contributed by atoms with Gasteiger partial charge in [0, 0.05) is 84.9 Å². The van der Waals surface area contributed by atoms with E-state index in [1.807, 2.05) is 96.9 Å². The molecule has 97 heavy (non-hydrogen) atoms. The first-order valence-corrected chi connectivity index (χ1v) is 31.9. The van der Waals surface area contributed by atoms with E-state index < -0.39 is 35.4 Å². The lowest BCUT2D eigenvalue weighted by Crippen LogP contribution is -2.22. The molecule has 7 heterocycles. The maximum Gasteiger partial charge on any atom is 0.275 e. The van der Waals surface area contributed by atoms with Crippen molar-refractivity contribution in [2.75, 3.05) is 89.6 Å². The average Bonchev–Trinajstić information content (AvgIpc) is 0.847. The standard InChI is InChI=1S/C69H87N15O13/c1-36(2)29-91-43-15-50(64(85)79-58-23-46(21-56(70)75-58)94-32-39(7)8)72-52(17-43)66(87)81-60-25-48(96-34-41(11)12)27-62(77-60)83-68(89)54-19-45(93-31-38(5)6)20-55(74-54)69(90)84-63-28-49(97-35-42(13)14)26-61(78-63)82-67(88)53-18-44(92-30-37(3)4)16-51(73-53)65(86)80-59-24-47(22-57(71)76-59)95-33-40(9)10/h15-28,36-42H,29-35H2,1-14H3,(H3,70,75,79,85)(H3,71,76,80,86)(H2,77,81,83,87,89)(H2,78,82,84,88,90). The minimum Gasteiger partial charge on any atom is -0.493 e. The number of amides is 6. The van der Waals surface area contributed by atoms with Crippen molar-refractivity contribution < 1.29 is 61.9 Å². The zero-order valence-electron chi connectivity index (χ0n) is 57.2. The number of nitrogen functional groups attached to an aromatic ring is 2. The SMILES string of the molecule is CC(C)COc1cc(N)nc(NC(=O)c2cc(OCC(C)C)cc(C(=O)Nc3cc(OCC(C)C)cc(NC(=O)c4cc(OCC(C)C)cc(C(=O)Nc5cc(OCC(C)C)cc(NC(=O)c6cc(OCC(C)C)cc(C(=O)Nc7cc(OCC(C)C)cc(N)n7)n6)n5)n4)n3)n2)c1. The lowest BCUT2D eigenvalue weighted by molar-refractivity contribution is 0.0997. The molecule has 28 nitrogen and oxygen atoms in total. The molecule has 0 saturated heterocycles. The summed E-state index contributed by atoms with van der Waals surface area (Å²) >= 11 is 0. The second kappa shape index (κ2) is 34.5. The number of ether oxygens (including phenoxy) is 7. The lowest BCUT2D eigenvalue weighted by atomic mass is 10.2. The van der Waals surface area contributed by atoms with Gasteiger partial charge in [-0.1, -0.05) is 96.9 Å². The van der Waals surface area contributed by atoms with Crippen molar-refractivity contribution in [2.45, 2.75) is 96.9 Å². The number of aromatic nitrogens is 7. The zero-order valence-corrected chi connectivity index (χ0v) is 57.2. The molecule has 0 radical (unpaired) electrons. The van der Waals surface area contributed by atoms with E-state index in [9.17, 15) is 28.8 Å². The summed E-state index contributed by atoms with van der Waals surface area (Å²) in [6.07, 6.45) is 0. The summed E-state index contributed by atoms with van der Waals surface area (Å²) in [7, 11) is 0. The van der Waals surface area contributed by atoms with Crippen LogP contribution in [0, 0.1) is 41.4 Å². The predicted octanol–water partition coefficient (Wildman–Crippen LogP) is 11.4. The third kappa shape index (κ3) is 24.1. The average molecular weight is 1330 g/mol. The van der Waals surface area contributed by atoms with Crippen molar-refractivity contribution in [3.05, 3.63) is 119 Å². The first-order valence-electron chi connectivity index (χ1n) is 31.9. The number of carbonyl (C=O) groups excluding carboxylic acids is 6. The fraction of sp³-hybridized carbons (Fsp3) is 0.406. The Kier molecular flexibility index (Phi) is 26.1. The highest BCUT2D eigenvalue weighted by molar-refractivity contribution is 6.09. The fourth-order valence-electron chi connectivity index (χ4n) is 8.17. The quantitative estimate of drug-likeness (QED) is 0.0189. The van der Waals surface area contributed by atoms with Gasteiger partial charge in [-0.05, 0) is 41.4 Å². The molecule has 0 aliphatic rings. The summed E-state index contributed by atoms with van der Waals surface area (Å²) in [4.78, 5) is 116. The van der Waals surface area contributed by atoms with Crippen LogP contribution in [0.4, 0.5) is 46.5 Å². The van der Waals surface area contributed by atoms with Gasteiger partial charge in [0.25, 0.3) is 35.4 Å². The Morgan fingerprint density at radius 1 is 0.258 bits per heavy atom. The van der Waals surface area contributed by atoms with Crippen molar-refractivity contribution in [2.24, 2.45) is 41.4 Å². The summed E-state index contributed by atoms with van der Waals surface area (Å²) in [5.41, 5.74) is 10.7. The Hall–Kier alpha value is -10.9. The minimum atomic E-state index is -0.849. The lowest BCUT2D eigenvalue weighted by Gasteiger charge is -2.15. The van der Waals surface area contributed by atoms with E-state index in [1.165, 1.54) is 84.9 Å². The van der Waals surface area contributed by atoms with Crippen LogP contribution >= 0.6 is 0 Å². The second-order valence-electron chi connectivity index (χ2n) is 25.8. The number of hydrogen-bond donors (Lipinski definition) is 8. The van der Waals surface area contributed by atoms with E-state index >= 15 is 0 Å². The zero-order chi connectivity index (χ0) is 70.6. The van der Waals surface area contributed by atoms with Gasteiger partial charge in [-0.3, -0.25) is 28.8 Å². The molecule has 7 aromatic heterocycles. The predicted molar refractivity (Wildman–Crippen MR) is 369 cm³/mol. The summed E-state index contributed by atoms with van der Waals surface area (Å²) in [6.45, 7) is 29.2. The molecule has 0 unspecified atom stereocenters.